The topological polar surface area (TPSA) is 40.9 Å². The molecule has 0 aromatic heterocycles. The van der Waals surface area contributed by atoms with E-state index in [4.69, 9.17) is 0 Å². The molecule has 2 heteroatoms. The van der Waals surface area contributed by atoms with Crippen LogP contribution in [0, 0.1) is 18.3 Å². The molecule has 2 rings (SSSR count). The summed E-state index contributed by atoms with van der Waals surface area (Å²) in [4.78, 5) is 10.7. The van der Waals surface area contributed by atoms with Gasteiger partial charge in [0.05, 0.1) is 11.5 Å². The molecule has 1 aromatic rings. The van der Waals surface area contributed by atoms with Crippen molar-refractivity contribution in [3.05, 3.63) is 34.9 Å². The first kappa shape index (κ1) is 9.92. The monoisotopic (exact) mass is 199 g/mol. The van der Waals surface area contributed by atoms with Gasteiger partial charge < -0.3 is 0 Å². The van der Waals surface area contributed by atoms with E-state index < -0.39 is 0 Å². The van der Waals surface area contributed by atoms with Crippen molar-refractivity contribution in [3.63, 3.8) is 0 Å². The van der Waals surface area contributed by atoms with Crippen LogP contribution in [0.1, 0.15) is 40.7 Å². The number of carbonyl (C=O) groups excluding carboxylic acids is 1. The minimum absolute atomic E-state index is 0.316. The Morgan fingerprint density at radius 1 is 1.40 bits per heavy atom. The fourth-order valence-corrected chi connectivity index (χ4v) is 2.15. The van der Waals surface area contributed by atoms with E-state index in [-0.39, 0.29) is 5.41 Å². The second kappa shape index (κ2) is 3.51. The van der Waals surface area contributed by atoms with Crippen molar-refractivity contribution in [2.75, 3.05) is 0 Å². The fraction of sp³-hybridized carbons (Fsp3) is 0.385. The Morgan fingerprint density at radius 2 is 2.13 bits per heavy atom. The summed E-state index contributed by atoms with van der Waals surface area (Å²) < 4.78 is 0. The minimum atomic E-state index is -0.316. The normalized spacial score (nSPS) is 17.6. The molecule has 0 heterocycles. The fourth-order valence-electron chi connectivity index (χ4n) is 2.15. The molecule has 1 aliphatic rings. The Balaban J connectivity index is 2.48. The molecule has 0 aliphatic heterocycles. The molecular formula is C13H13NO. The van der Waals surface area contributed by atoms with Gasteiger partial charge >= 0.3 is 0 Å². The summed E-state index contributed by atoms with van der Waals surface area (Å²) in [6, 6.07) is 8.11. The predicted molar refractivity (Wildman–Crippen MR) is 57.7 cm³/mol. The van der Waals surface area contributed by atoms with Gasteiger partial charge in [-0.05, 0) is 43.9 Å². The summed E-state index contributed by atoms with van der Waals surface area (Å²) >= 11 is 0. The zero-order valence-electron chi connectivity index (χ0n) is 8.79. The molecule has 0 radical (unpaired) electrons. The second-order valence-corrected chi connectivity index (χ2v) is 4.30. The van der Waals surface area contributed by atoms with Gasteiger partial charge in [-0.25, -0.2) is 0 Å². The van der Waals surface area contributed by atoms with Gasteiger partial charge in [0.1, 0.15) is 6.29 Å². The van der Waals surface area contributed by atoms with Gasteiger partial charge in [-0.3, -0.25) is 4.79 Å². The quantitative estimate of drug-likeness (QED) is 0.687. The summed E-state index contributed by atoms with van der Waals surface area (Å²) in [7, 11) is 0. The van der Waals surface area contributed by atoms with Crippen molar-refractivity contribution in [2.45, 2.75) is 31.6 Å². The predicted octanol–water partition coefficient (Wildman–Crippen LogP) is 2.75. The molecule has 0 saturated heterocycles. The maximum Gasteiger partial charge on any atom is 0.150 e. The maximum atomic E-state index is 10.7. The van der Waals surface area contributed by atoms with E-state index >= 15 is 0 Å². The van der Waals surface area contributed by atoms with Crippen molar-refractivity contribution < 1.29 is 4.79 Å². The van der Waals surface area contributed by atoms with E-state index in [1.165, 1.54) is 0 Å². The molecule has 15 heavy (non-hydrogen) atoms. The maximum absolute atomic E-state index is 10.7. The Morgan fingerprint density at radius 3 is 2.60 bits per heavy atom. The lowest BCUT2D eigenvalue weighted by atomic mass is 9.65. The van der Waals surface area contributed by atoms with Gasteiger partial charge in [-0.2, -0.15) is 5.26 Å². The SMILES string of the molecule is Cc1cc(C=O)cc(C2(C#N)CCC2)c1. The van der Waals surface area contributed by atoms with E-state index in [0.29, 0.717) is 5.56 Å². The average Bonchev–Trinajstić information content (AvgIpc) is 2.16. The molecule has 1 fully saturated rings. The molecule has 1 aliphatic carbocycles. The number of nitriles is 1. The summed E-state index contributed by atoms with van der Waals surface area (Å²) in [5, 5.41) is 9.21. The highest BCUT2D eigenvalue weighted by Crippen LogP contribution is 2.43. The summed E-state index contributed by atoms with van der Waals surface area (Å²) in [6.07, 6.45) is 3.80. The van der Waals surface area contributed by atoms with E-state index in [9.17, 15) is 10.1 Å². The zero-order chi connectivity index (χ0) is 10.9. The van der Waals surface area contributed by atoms with Crippen LogP contribution < -0.4 is 0 Å². The number of aryl methyl sites for hydroxylation is 1. The van der Waals surface area contributed by atoms with Crippen molar-refractivity contribution in [1.29, 1.82) is 5.26 Å². The van der Waals surface area contributed by atoms with E-state index in [1.54, 1.807) is 0 Å². The number of rotatable bonds is 2. The average molecular weight is 199 g/mol. The Kier molecular flexibility index (Phi) is 2.32. The molecule has 76 valence electrons. The molecule has 1 saturated carbocycles. The zero-order valence-corrected chi connectivity index (χ0v) is 8.79. The molecule has 0 N–H and O–H groups in total. The Hall–Kier alpha value is -1.62. The van der Waals surface area contributed by atoms with Crippen LogP contribution in [0.3, 0.4) is 0 Å². The lowest BCUT2D eigenvalue weighted by molar-refractivity contribution is 0.112. The van der Waals surface area contributed by atoms with Gasteiger partial charge in [0.25, 0.3) is 0 Å². The first-order valence-corrected chi connectivity index (χ1v) is 5.19. The van der Waals surface area contributed by atoms with Gasteiger partial charge in [0.2, 0.25) is 0 Å². The van der Waals surface area contributed by atoms with Crippen LogP contribution in [0.25, 0.3) is 0 Å². The number of nitrogens with zero attached hydrogens (tertiary/aromatic N) is 1. The lowest BCUT2D eigenvalue weighted by Gasteiger charge is -2.36. The van der Waals surface area contributed by atoms with Crippen LogP contribution >= 0.6 is 0 Å². The van der Waals surface area contributed by atoms with Crippen molar-refractivity contribution in [2.24, 2.45) is 0 Å². The van der Waals surface area contributed by atoms with Crippen LogP contribution in [0.4, 0.5) is 0 Å². The van der Waals surface area contributed by atoms with Gasteiger partial charge in [0.15, 0.2) is 0 Å². The molecule has 0 spiro atoms. The molecular weight excluding hydrogens is 186 g/mol. The highest BCUT2D eigenvalue weighted by molar-refractivity contribution is 5.75. The second-order valence-electron chi connectivity index (χ2n) is 4.30. The van der Waals surface area contributed by atoms with E-state index in [1.807, 2.05) is 25.1 Å². The molecule has 0 unspecified atom stereocenters. The Bertz CT molecular complexity index is 438. The number of benzene rings is 1. The first-order valence-electron chi connectivity index (χ1n) is 5.19. The number of carbonyl (C=O) groups is 1. The molecule has 0 amide bonds. The first-order chi connectivity index (χ1) is 7.20. The number of hydrogen-bond donors (Lipinski definition) is 0. The van der Waals surface area contributed by atoms with Crippen LogP contribution in [0.15, 0.2) is 18.2 Å². The number of hydrogen-bond acceptors (Lipinski definition) is 2. The van der Waals surface area contributed by atoms with Crippen molar-refractivity contribution in [3.8, 4) is 6.07 Å². The van der Waals surface area contributed by atoms with Crippen LogP contribution in [0.2, 0.25) is 0 Å². The highest BCUT2D eigenvalue weighted by Gasteiger charge is 2.39. The molecule has 2 nitrogen and oxygen atoms in total. The van der Waals surface area contributed by atoms with Crippen molar-refractivity contribution in [1.82, 2.24) is 0 Å². The summed E-state index contributed by atoms with van der Waals surface area (Å²) in [5.41, 5.74) is 2.42. The van der Waals surface area contributed by atoms with Crippen LogP contribution in [0.5, 0.6) is 0 Å². The summed E-state index contributed by atoms with van der Waals surface area (Å²) in [5.74, 6) is 0. The van der Waals surface area contributed by atoms with E-state index in [2.05, 4.69) is 6.07 Å². The molecule has 0 atom stereocenters. The van der Waals surface area contributed by atoms with Crippen molar-refractivity contribution >= 4 is 6.29 Å². The van der Waals surface area contributed by atoms with Crippen LogP contribution in [-0.2, 0) is 5.41 Å². The summed E-state index contributed by atoms with van der Waals surface area (Å²) in [6.45, 7) is 1.96. The van der Waals surface area contributed by atoms with Gasteiger partial charge in [-0.15, -0.1) is 0 Å². The minimum Gasteiger partial charge on any atom is -0.298 e. The van der Waals surface area contributed by atoms with Gasteiger partial charge in [-0.1, -0.05) is 11.6 Å². The number of aldehydes is 1. The van der Waals surface area contributed by atoms with E-state index in [0.717, 1.165) is 36.7 Å². The largest absolute Gasteiger partial charge is 0.298 e. The molecule has 1 aromatic carbocycles. The smallest absolute Gasteiger partial charge is 0.150 e. The van der Waals surface area contributed by atoms with Crippen LogP contribution in [-0.4, -0.2) is 6.29 Å². The third-order valence-corrected chi connectivity index (χ3v) is 3.21. The van der Waals surface area contributed by atoms with Gasteiger partial charge in [0, 0.05) is 5.56 Å². The Labute approximate surface area is 89.5 Å². The third-order valence-electron chi connectivity index (χ3n) is 3.21. The third kappa shape index (κ3) is 1.55. The standard InChI is InChI=1S/C13H13NO/c1-10-5-11(8-15)7-12(6-10)13(9-14)3-2-4-13/h5-8H,2-4H2,1H3. The lowest BCUT2D eigenvalue weighted by Crippen LogP contribution is -2.32. The highest BCUT2D eigenvalue weighted by atomic mass is 16.1. The molecule has 0 bridgehead atoms.